The molecule has 1 N–H and O–H groups in total. The average Bonchev–Trinajstić information content (AvgIpc) is 2.97. The van der Waals surface area contributed by atoms with Crippen molar-refractivity contribution in [2.75, 3.05) is 11.9 Å². The number of aryl methyl sites for hydroxylation is 2. The van der Waals surface area contributed by atoms with Gasteiger partial charge < -0.3 is 13.9 Å². The van der Waals surface area contributed by atoms with Gasteiger partial charge in [-0.05, 0) is 32.9 Å². The van der Waals surface area contributed by atoms with Crippen LogP contribution in [0.1, 0.15) is 32.9 Å². The monoisotopic (exact) mass is 402 g/mol. The molecule has 9 heteroatoms. The zero-order chi connectivity index (χ0) is 20.3. The second-order valence-corrected chi connectivity index (χ2v) is 7.07. The lowest BCUT2D eigenvalue weighted by Gasteiger charge is -2.09. The van der Waals surface area contributed by atoms with Crippen LogP contribution in [0.15, 0.2) is 33.5 Å². The molecule has 1 amide bonds. The highest BCUT2D eigenvalue weighted by molar-refractivity contribution is 7.13. The largest absolute Gasteiger partial charge is 0.457 e. The summed E-state index contributed by atoms with van der Waals surface area (Å²) in [5.41, 5.74) is 1.20. The lowest BCUT2D eigenvalue weighted by molar-refractivity contribution is 0.0478. The van der Waals surface area contributed by atoms with E-state index in [1.807, 2.05) is 6.92 Å². The molecule has 0 aliphatic carbocycles. The van der Waals surface area contributed by atoms with E-state index in [2.05, 4.69) is 10.3 Å². The minimum absolute atomic E-state index is 0.0953. The molecule has 0 radical (unpaired) electrons. The first-order valence-electron chi connectivity index (χ1n) is 8.49. The van der Waals surface area contributed by atoms with E-state index >= 15 is 0 Å². The number of rotatable bonds is 5. The van der Waals surface area contributed by atoms with Crippen LogP contribution in [0.5, 0.6) is 0 Å². The summed E-state index contributed by atoms with van der Waals surface area (Å²) in [5.74, 6) is -0.495. The summed E-state index contributed by atoms with van der Waals surface area (Å²) in [7, 11) is 0. The Balaban J connectivity index is 1.83. The number of carbonyl (C=O) groups excluding carboxylic acids is 2. The summed E-state index contributed by atoms with van der Waals surface area (Å²) >= 11 is 1.26. The molecular weight excluding hydrogens is 384 g/mol. The Morgan fingerprint density at radius 3 is 2.68 bits per heavy atom. The van der Waals surface area contributed by atoms with Gasteiger partial charge in [0.2, 0.25) is 0 Å². The maximum absolute atomic E-state index is 12.3. The SMILES string of the molecule is CCOC(=O)Nc1ccc2c(COC(=O)c3sc(C)nc3C)cc(=O)oc2c1. The predicted molar refractivity (Wildman–Crippen MR) is 104 cm³/mol. The van der Waals surface area contributed by atoms with Gasteiger partial charge in [0.25, 0.3) is 0 Å². The van der Waals surface area contributed by atoms with Crippen molar-refractivity contribution < 1.29 is 23.5 Å². The number of nitrogens with zero attached hydrogens (tertiary/aromatic N) is 1. The molecule has 1 aromatic carbocycles. The lowest BCUT2D eigenvalue weighted by Crippen LogP contribution is -2.13. The number of aromatic nitrogens is 1. The molecule has 0 saturated heterocycles. The average molecular weight is 402 g/mol. The third kappa shape index (κ3) is 4.37. The predicted octanol–water partition coefficient (Wildman–Crippen LogP) is 3.79. The summed E-state index contributed by atoms with van der Waals surface area (Å²) in [6, 6.07) is 6.10. The highest BCUT2D eigenvalue weighted by atomic mass is 32.1. The van der Waals surface area contributed by atoms with Crippen molar-refractivity contribution in [3.05, 3.63) is 55.8 Å². The van der Waals surface area contributed by atoms with Crippen LogP contribution in [0.3, 0.4) is 0 Å². The molecule has 3 rings (SSSR count). The molecule has 0 unspecified atom stereocenters. The minimum Gasteiger partial charge on any atom is -0.457 e. The van der Waals surface area contributed by atoms with E-state index in [-0.39, 0.29) is 18.8 Å². The molecule has 0 aliphatic heterocycles. The molecule has 0 aliphatic rings. The Hall–Kier alpha value is -3.20. The number of carbonyl (C=O) groups is 2. The molecule has 3 aromatic rings. The van der Waals surface area contributed by atoms with Crippen molar-refractivity contribution in [2.24, 2.45) is 0 Å². The third-order valence-electron chi connectivity index (χ3n) is 3.80. The van der Waals surface area contributed by atoms with E-state index < -0.39 is 17.7 Å². The fourth-order valence-corrected chi connectivity index (χ4v) is 3.46. The van der Waals surface area contributed by atoms with Gasteiger partial charge in [0, 0.05) is 28.8 Å². The Morgan fingerprint density at radius 1 is 1.21 bits per heavy atom. The van der Waals surface area contributed by atoms with Crippen molar-refractivity contribution in [1.29, 1.82) is 0 Å². The number of thiazole rings is 1. The number of hydrogen-bond donors (Lipinski definition) is 1. The Bertz CT molecular complexity index is 1100. The van der Waals surface area contributed by atoms with Gasteiger partial charge in [-0.1, -0.05) is 0 Å². The first kappa shape index (κ1) is 19.6. The van der Waals surface area contributed by atoms with Gasteiger partial charge in [-0.3, -0.25) is 5.32 Å². The zero-order valence-corrected chi connectivity index (χ0v) is 16.3. The van der Waals surface area contributed by atoms with Crippen LogP contribution in [-0.2, 0) is 16.1 Å². The summed E-state index contributed by atoms with van der Waals surface area (Å²) in [6.45, 7) is 5.39. The molecule has 0 fully saturated rings. The molecule has 146 valence electrons. The number of fused-ring (bicyclic) bond motifs is 1. The fourth-order valence-electron chi connectivity index (χ4n) is 2.64. The van der Waals surface area contributed by atoms with Gasteiger partial charge in [-0.25, -0.2) is 19.4 Å². The summed E-state index contributed by atoms with van der Waals surface area (Å²) in [6.07, 6.45) is -0.607. The number of esters is 1. The summed E-state index contributed by atoms with van der Waals surface area (Å²) in [4.78, 5) is 40.4. The molecule has 0 spiro atoms. The summed E-state index contributed by atoms with van der Waals surface area (Å²) in [5, 5.41) is 3.91. The van der Waals surface area contributed by atoms with Gasteiger partial charge >= 0.3 is 17.7 Å². The number of anilines is 1. The molecule has 8 nitrogen and oxygen atoms in total. The van der Waals surface area contributed by atoms with Crippen LogP contribution in [0, 0.1) is 13.8 Å². The maximum Gasteiger partial charge on any atom is 0.411 e. The quantitative estimate of drug-likeness (QED) is 0.511. The molecule has 28 heavy (non-hydrogen) atoms. The smallest absolute Gasteiger partial charge is 0.411 e. The van der Waals surface area contributed by atoms with Gasteiger partial charge in [0.05, 0.1) is 17.3 Å². The van der Waals surface area contributed by atoms with Crippen molar-refractivity contribution >= 4 is 40.1 Å². The zero-order valence-electron chi connectivity index (χ0n) is 15.5. The van der Waals surface area contributed by atoms with Crippen molar-refractivity contribution in [2.45, 2.75) is 27.4 Å². The summed E-state index contributed by atoms with van der Waals surface area (Å²) < 4.78 is 15.4. The first-order chi connectivity index (χ1) is 13.4. The number of ether oxygens (including phenoxy) is 2. The highest BCUT2D eigenvalue weighted by Crippen LogP contribution is 2.23. The van der Waals surface area contributed by atoms with E-state index in [4.69, 9.17) is 13.9 Å². The molecule has 2 aromatic heterocycles. The van der Waals surface area contributed by atoms with E-state index in [0.29, 0.717) is 27.2 Å². The van der Waals surface area contributed by atoms with E-state index in [1.165, 1.54) is 23.5 Å². The highest BCUT2D eigenvalue weighted by Gasteiger charge is 2.16. The molecule has 0 bridgehead atoms. The van der Waals surface area contributed by atoms with Crippen molar-refractivity contribution in [1.82, 2.24) is 4.98 Å². The van der Waals surface area contributed by atoms with Crippen LogP contribution in [-0.4, -0.2) is 23.7 Å². The number of benzene rings is 1. The molecule has 0 saturated carbocycles. The third-order valence-corrected chi connectivity index (χ3v) is 4.85. The standard InChI is InChI=1S/C19H18N2O6S/c1-4-25-19(24)21-13-5-6-14-12(7-16(22)27-15(14)8-13)9-26-18(23)17-10(2)20-11(3)28-17/h5-8H,4,9H2,1-3H3,(H,21,24). The van der Waals surface area contributed by atoms with Crippen molar-refractivity contribution in [3.8, 4) is 0 Å². The maximum atomic E-state index is 12.3. The van der Waals surface area contributed by atoms with E-state index in [1.54, 1.807) is 26.0 Å². The second kappa shape index (κ2) is 8.22. The Labute approximate surface area is 164 Å². The van der Waals surface area contributed by atoms with Gasteiger partial charge in [0.15, 0.2) is 0 Å². The number of amides is 1. The first-order valence-corrected chi connectivity index (χ1v) is 9.30. The minimum atomic E-state index is -0.607. The number of hydrogen-bond acceptors (Lipinski definition) is 8. The van der Waals surface area contributed by atoms with Crippen LogP contribution in [0.4, 0.5) is 10.5 Å². The fraction of sp³-hybridized carbons (Fsp3) is 0.263. The van der Waals surface area contributed by atoms with Gasteiger partial charge in [-0.2, -0.15) is 0 Å². The number of nitrogens with one attached hydrogen (secondary N) is 1. The normalized spacial score (nSPS) is 10.7. The van der Waals surface area contributed by atoms with Crippen molar-refractivity contribution in [3.63, 3.8) is 0 Å². The van der Waals surface area contributed by atoms with Gasteiger partial charge in [-0.15, -0.1) is 11.3 Å². The van der Waals surface area contributed by atoms with Crippen LogP contribution in [0.25, 0.3) is 11.0 Å². The van der Waals surface area contributed by atoms with E-state index in [9.17, 15) is 14.4 Å². The molecular formula is C19H18N2O6S. The van der Waals surface area contributed by atoms with Gasteiger partial charge in [0.1, 0.15) is 17.1 Å². The van der Waals surface area contributed by atoms with Crippen LogP contribution in [0.2, 0.25) is 0 Å². The Kier molecular flexibility index (Phi) is 5.74. The van der Waals surface area contributed by atoms with E-state index in [0.717, 1.165) is 5.01 Å². The van der Waals surface area contributed by atoms with Crippen LogP contribution >= 0.6 is 11.3 Å². The topological polar surface area (TPSA) is 108 Å². The Morgan fingerprint density at radius 2 is 2.00 bits per heavy atom. The molecule has 2 heterocycles. The molecule has 0 atom stereocenters. The second-order valence-electron chi connectivity index (χ2n) is 5.87. The lowest BCUT2D eigenvalue weighted by atomic mass is 10.1. The van der Waals surface area contributed by atoms with Crippen LogP contribution < -0.4 is 10.9 Å².